The van der Waals surface area contributed by atoms with E-state index < -0.39 is 24.2 Å². The molecule has 4 nitrogen and oxygen atoms in total. The topological polar surface area (TPSA) is 55.6 Å². The minimum Gasteiger partial charge on any atom is -0.497 e. The van der Waals surface area contributed by atoms with Crippen LogP contribution in [-0.2, 0) is 11.2 Å². The Balaban J connectivity index is 1.99. The summed E-state index contributed by atoms with van der Waals surface area (Å²) >= 11 is 0. The first-order valence-electron chi connectivity index (χ1n) is 7.56. The van der Waals surface area contributed by atoms with Crippen molar-refractivity contribution in [2.75, 3.05) is 13.7 Å². The summed E-state index contributed by atoms with van der Waals surface area (Å²) in [6.07, 6.45) is -3.83. The second kappa shape index (κ2) is 7.21. The zero-order valence-corrected chi connectivity index (χ0v) is 13.0. The lowest BCUT2D eigenvalue weighted by Gasteiger charge is -2.39. The van der Waals surface area contributed by atoms with Gasteiger partial charge < -0.3 is 15.4 Å². The average molecular weight is 330 g/mol. The molecule has 0 aromatic heterocycles. The smallest absolute Gasteiger partial charge is 0.408 e. The molecule has 1 aromatic carbocycles. The maximum absolute atomic E-state index is 13.1. The quantitative estimate of drug-likeness (QED) is 0.923. The molecule has 1 amide bonds. The number of rotatable bonds is 4. The monoisotopic (exact) mass is 330 g/mol. The summed E-state index contributed by atoms with van der Waals surface area (Å²) in [6.45, 7) is -0.0361. The molecule has 23 heavy (non-hydrogen) atoms. The zero-order chi connectivity index (χ0) is 17.0. The summed E-state index contributed by atoms with van der Waals surface area (Å²) in [5, 5.41) is 0. The summed E-state index contributed by atoms with van der Waals surface area (Å²) < 4.78 is 44.3. The largest absolute Gasteiger partial charge is 0.497 e. The Labute approximate surface area is 133 Å². The minimum absolute atomic E-state index is 0.0334. The van der Waals surface area contributed by atoms with E-state index in [2.05, 4.69) is 0 Å². The number of carbonyl (C=O) groups excluding carboxylic acids is 1. The molecular weight excluding hydrogens is 309 g/mol. The molecule has 2 atom stereocenters. The van der Waals surface area contributed by atoms with Crippen molar-refractivity contribution in [2.24, 2.45) is 5.73 Å². The van der Waals surface area contributed by atoms with Crippen molar-refractivity contribution >= 4 is 5.91 Å². The first-order chi connectivity index (χ1) is 10.8. The van der Waals surface area contributed by atoms with Gasteiger partial charge in [-0.25, -0.2) is 0 Å². The fraction of sp³-hybridized carbons (Fsp3) is 0.562. The highest BCUT2D eigenvalue weighted by molar-refractivity contribution is 5.77. The first-order valence-corrected chi connectivity index (χ1v) is 7.56. The number of nitrogens with two attached hydrogens (primary N) is 1. The molecule has 1 aliphatic heterocycles. The lowest BCUT2D eigenvalue weighted by molar-refractivity contribution is -0.196. The number of ether oxygens (including phenoxy) is 1. The predicted molar refractivity (Wildman–Crippen MR) is 80.1 cm³/mol. The molecule has 0 aliphatic carbocycles. The number of aryl methyl sites for hydroxylation is 1. The van der Waals surface area contributed by atoms with Crippen molar-refractivity contribution < 1.29 is 22.7 Å². The van der Waals surface area contributed by atoms with Crippen LogP contribution >= 0.6 is 0 Å². The molecule has 128 valence electrons. The van der Waals surface area contributed by atoms with Crippen molar-refractivity contribution in [3.63, 3.8) is 0 Å². The molecular formula is C16H21F3N2O2. The van der Waals surface area contributed by atoms with Gasteiger partial charge in [-0.3, -0.25) is 4.79 Å². The molecule has 0 unspecified atom stereocenters. The molecule has 2 N–H and O–H groups in total. The Bertz CT molecular complexity index is 531. The van der Waals surface area contributed by atoms with Crippen molar-refractivity contribution in [1.82, 2.24) is 4.90 Å². The first kappa shape index (κ1) is 17.6. The van der Waals surface area contributed by atoms with E-state index in [9.17, 15) is 18.0 Å². The molecule has 1 aromatic rings. The molecule has 0 radical (unpaired) electrons. The number of likely N-dealkylation sites (tertiary alicyclic amines) is 1. The van der Waals surface area contributed by atoms with Gasteiger partial charge in [0.15, 0.2) is 0 Å². The zero-order valence-electron chi connectivity index (χ0n) is 13.0. The molecule has 1 fully saturated rings. The maximum atomic E-state index is 13.1. The normalized spacial score (nSPS) is 22.0. The van der Waals surface area contributed by atoms with Crippen LogP contribution in [0.2, 0.25) is 0 Å². The molecule has 2 rings (SSSR count). The molecule has 1 aliphatic rings. The van der Waals surface area contributed by atoms with Crippen LogP contribution in [0.4, 0.5) is 13.2 Å². The van der Waals surface area contributed by atoms with Crippen LogP contribution in [-0.4, -0.2) is 42.7 Å². The summed E-state index contributed by atoms with van der Waals surface area (Å²) in [7, 11) is 1.55. The van der Waals surface area contributed by atoms with Gasteiger partial charge in [0, 0.05) is 19.0 Å². The second-order valence-corrected chi connectivity index (χ2v) is 5.79. The molecule has 1 heterocycles. The standard InChI is InChI=1S/C16H21F3N2O2/c1-23-13-6-2-11(3-7-13)4-9-15(22)21-10-12(20)5-8-14(21)16(17,18)19/h2-3,6-7,12,14H,4-5,8-10,20H2,1H3/t12-,14-/m0/s1. The summed E-state index contributed by atoms with van der Waals surface area (Å²) in [5.74, 6) is 0.192. The highest BCUT2D eigenvalue weighted by atomic mass is 19.4. The number of piperidine rings is 1. The molecule has 0 spiro atoms. The predicted octanol–water partition coefficient (Wildman–Crippen LogP) is 2.51. The third kappa shape index (κ3) is 4.60. The third-order valence-electron chi connectivity index (χ3n) is 4.10. The van der Waals surface area contributed by atoms with E-state index in [-0.39, 0.29) is 25.8 Å². The van der Waals surface area contributed by atoms with Crippen LogP contribution in [0, 0.1) is 0 Å². The molecule has 0 saturated carbocycles. The van der Waals surface area contributed by atoms with Crippen molar-refractivity contribution in [2.45, 2.75) is 43.9 Å². The van der Waals surface area contributed by atoms with Gasteiger partial charge in [0.2, 0.25) is 5.91 Å². The van der Waals surface area contributed by atoms with Gasteiger partial charge in [0.05, 0.1) is 7.11 Å². The number of alkyl halides is 3. The number of nitrogens with zero attached hydrogens (tertiary/aromatic N) is 1. The van der Waals surface area contributed by atoms with Crippen molar-refractivity contribution in [1.29, 1.82) is 0 Å². The van der Waals surface area contributed by atoms with Crippen LogP contribution in [0.15, 0.2) is 24.3 Å². The van der Waals surface area contributed by atoms with Crippen LogP contribution in [0.1, 0.15) is 24.8 Å². The van der Waals surface area contributed by atoms with E-state index in [1.165, 1.54) is 0 Å². The highest BCUT2D eigenvalue weighted by Gasteiger charge is 2.47. The summed E-state index contributed by atoms with van der Waals surface area (Å²) in [6, 6.07) is 5.01. The Morgan fingerprint density at radius 3 is 2.52 bits per heavy atom. The lowest BCUT2D eigenvalue weighted by Crippen LogP contribution is -2.56. The fourth-order valence-corrected chi connectivity index (χ4v) is 2.80. The van der Waals surface area contributed by atoms with Crippen LogP contribution < -0.4 is 10.5 Å². The molecule has 1 saturated heterocycles. The van der Waals surface area contributed by atoms with E-state index in [0.29, 0.717) is 12.2 Å². The number of methoxy groups -OCH3 is 1. The molecule has 7 heteroatoms. The number of carbonyl (C=O) groups is 1. The SMILES string of the molecule is COc1ccc(CCC(=O)N2C[C@@H](N)CC[C@H]2C(F)(F)F)cc1. The Kier molecular flexibility index (Phi) is 5.51. The van der Waals surface area contributed by atoms with Gasteiger partial charge in [-0.15, -0.1) is 0 Å². The molecule has 0 bridgehead atoms. The van der Waals surface area contributed by atoms with Gasteiger partial charge in [0.25, 0.3) is 0 Å². The van der Waals surface area contributed by atoms with E-state index in [4.69, 9.17) is 10.5 Å². The Morgan fingerprint density at radius 2 is 1.96 bits per heavy atom. The Morgan fingerprint density at radius 1 is 1.30 bits per heavy atom. The number of benzene rings is 1. The van der Waals surface area contributed by atoms with Gasteiger partial charge in [-0.2, -0.15) is 13.2 Å². The fourth-order valence-electron chi connectivity index (χ4n) is 2.80. The minimum atomic E-state index is -4.41. The Hall–Kier alpha value is -1.76. The summed E-state index contributed by atoms with van der Waals surface area (Å²) in [5.41, 5.74) is 6.61. The third-order valence-corrected chi connectivity index (χ3v) is 4.10. The van der Waals surface area contributed by atoms with Gasteiger partial charge in [0.1, 0.15) is 11.8 Å². The van der Waals surface area contributed by atoms with Gasteiger partial charge in [-0.1, -0.05) is 12.1 Å². The maximum Gasteiger partial charge on any atom is 0.408 e. The number of hydrogen-bond donors (Lipinski definition) is 1. The van der Waals surface area contributed by atoms with E-state index in [1.807, 2.05) is 0 Å². The lowest BCUT2D eigenvalue weighted by atomic mass is 9.97. The van der Waals surface area contributed by atoms with Crippen molar-refractivity contribution in [3.8, 4) is 5.75 Å². The summed E-state index contributed by atoms with van der Waals surface area (Å²) in [4.78, 5) is 13.1. The number of hydrogen-bond acceptors (Lipinski definition) is 3. The highest BCUT2D eigenvalue weighted by Crippen LogP contribution is 2.32. The average Bonchev–Trinajstić information content (AvgIpc) is 2.51. The number of halogens is 3. The number of amides is 1. The van der Waals surface area contributed by atoms with E-state index >= 15 is 0 Å². The van der Waals surface area contributed by atoms with Crippen LogP contribution in [0.25, 0.3) is 0 Å². The van der Waals surface area contributed by atoms with Crippen molar-refractivity contribution in [3.05, 3.63) is 29.8 Å². The van der Waals surface area contributed by atoms with Gasteiger partial charge >= 0.3 is 6.18 Å². The van der Waals surface area contributed by atoms with E-state index in [0.717, 1.165) is 10.5 Å². The van der Waals surface area contributed by atoms with Crippen LogP contribution in [0.5, 0.6) is 5.75 Å². The van der Waals surface area contributed by atoms with Crippen LogP contribution in [0.3, 0.4) is 0 Å². The van der Waals surface area contributed by atoms with Gasteiger partial charge in [-0.05, 0) is 37.0 Å². The van der Waals surface area contributed by atoms with E-state index in [1.54, 1.807) is 31.4 Å². The second-order valence-electron chi connectivity index (χ2n) is 5.79.